The molecule has 8 nitrogen and oxygen atoms in total. The Morgan fingerprint density at radius 2 is 2.08 bits per heavy atom. The van der Waals surface area contributed by atoms with Crippen molar-refractivity contribution in [3.05, 3.63) is 63.7 Å². The van der Waals surface area contributed by atoms with Crippen LogP contribution in [0.25, 0.3) is 6.08 Å². The summed E-state index contributed by atoms with van der Waals surface area (Å²) < 4.78 is 5.11. The van der Waals surface area contributed by atoms with Gasteiger partial charge in [0, 0.05) is 6.07 Å². The Balaban J connectivity index is 2.31. The van der Waals surface area contributed by atoms with Crippen LogP contribution in [0.1, 0.15) is 5.56 Å². The highest BCUT2D eigenvalue weighted by molar-refractivity contribution is 6.10. The maximum atomic E-state index is 12.3. The van der Waals surface area contributed by atoms with Gasteiger partial charge in [-0.15, -0.1) is 0 Å². The first-order chi connectivity index (χ1) is 12.0. The molecular formula is C17H13N3O5. The summed E-state index contributed by atoms with van der Waals surface area (Å²) >= 11 is 0. The highest BCUT2D eigenvalue weighted by Crippen LogP contribution is 2.28. The first kappa shape index (κ1) is 17.5. The molecule has 126 valence electrons. The van der Waals surface area contributed by atoms with Crippen LogP contribution in [0.2, 0.25) is 0 Å². The molecular weight excluding hydrogens is 326 g/mol. The van der Waals surface area contributed by atoms with Crippen molar-refractivity contribution < 1.29 is 19.6 Å². The number of nitriles is 1. The fraction of sp³-hybridized carbons (Fsp3) is 0.0588. The minimum Gasteiger partial charge on any atom is -0.502 e. The number of aromatic hydroxyl groups is 1. The van der Waals surface area contributed by atoms with Crippen LogP contribution in [0, 0.1) is 21.4 Å². The number of carbonyl (C=O) groups is 1. The number of rotatable bonds is 5. The predicted octanol–water partition coefficient (Wildman–Crippen LogP) is 2.85. The van der Waals surface area contributed by atoms with Gasteiger partial charge in [0.15, 0.2) is 5.75 Å². The molecule has 0 saturated heterocycles. The molecule has 0 aliphatic rings. The van der Waals surface area contributed by atoms with E-state index in [1.165, 1.54) is 19.3 Å². The third-order valence-electron chi connectivity index (χ3n) is 3.23. The molecule has 0 saturated carbocycles. The third kappa shape index (κ3) is 4.11. The van der Waals surface area contributed by atoms with Crippen LogP contribution >= 0.6 is 0 Å². The van der Waals surface area contributed by atoms with Crippen LogP contribution in [0.5, 0.6) is 11.5 Å². The van der Waals surface area contributed by atoms with E-state index in [9.17, 15) is 25.3 Å². The number of nitro benzene ring substituents is 1. The first-order valence-electron chi connectivity index (χ1n) is 7.00. The highest BCUT2D eigenvalue weighted by Gasteiger charge is 2.15. The van der Waals surface area contributed by atoms with Gasteiger partial charge < -0.3 is 15.2 Å². The Labute approximate surface area is 142 Å². The van der Waals surface area contributed by atoms with E-state index in [0.717, 1.165) is 12.1 Å². The number of nitrogens with one attached hydrogen (secondary N) is 1. The molecule has 2 N–H and O–H groups in total. The number of anilines is 1. The molecule has 0 atom stereocenters. The lowest BCUT2D eigenvalue weighted by molar-refractivity contribution is -0.385. The lowest BCUT2D eigenvalue weighted by Crippen LogP contribution is -2.14. The van der Waals surface area contributed by atoms with Crippen molar-refractivity contribution in [3.63, 3.8) is 0 Å². The fourth-order valence-corrected chi connectivity index (χ4v) is 2.03. The van der Waals surface area contributed by atoms with E-state index >= 15 is 0 Å². The van der Waals surface area contributed by atoms with Crippen LogP contribution in [0.4, 0.5) is 11.4 Å². The number of ether oxygens (including phenoxy) is 1. The number of benzene rings is 2. The summed E-state index contributed by atoms with van der Waals surface area (Å²) in [5, 5.41) is 32.0. The second kappa shape index (κ2) is 7.61. The number of nitro groups is 1. The summed E-state index contributed by atoms with van der Waals surface area (Å²) in [6.45, 7) is 0. The lowest BCUT2D eigenvalue weighted by Gasteiger charge is -2.09. The Morgan fingerprint density at radius 1 is 1.36 bits per heavy atom. The number of amides is 1. The maximum Gasteiger partial charge on any atom is 0.311 e. The van der Waals surface area contributed by atoms with E-state index in [4.69, 9.17) is 4.74 Å². The Hall–Kier alpha value is -3.86. The van der Waals surface area contributed by atoms with Gasteiger partial charge in [0.2, 0.25) is 0 Å². The summed E-state index contributed by atoms with van der Waals surface area (Å²) in [5.74, 6) is -0.768. The lowest BCUT2D eigenvalue weighted by atomic mass is 10.1. The Kier molecular flexibility index (Phi) is 5.32. The minimum atomic E-state index is -0.756. The predicted molar refractivity (Wildman–Crippen MR) is 90.0 cm³/mol. The summed E-state index contributed by atoms with van der Waals surface area (Å²) in [7, 11) is 1.45. The summed E-state index contributed by atoms with van der Waals surface area (Å²) in [5.41, 5.74) is -0.161. The van der Waals surface area contributed by atoms with Gasteiger partial charge in [0.05, 0.1) is 17.7 Å². The van der Waals surface area contributed by atoms with Gasteiger partial charge in [0.25, 0.3) is 5.91 Å². The van der Waals surface area contributed by atoms with E-state index in [2.05, 4.69) is 5.32 Å². The number of hydrogen-bond donors (Lipinski definition) is 2. The monoisotopic (exact) mass is 339 g/mol. The molecule has 0 aromatic heterocycles. The topological polar surface area (TPSA) is 125 Å². The molecule has 0 aliphatic carbocycles. The highest BCUT2D eigenvalue weighted by atomic mass is 16.6. The average molecular weight is 339 g/mol. The molecule has 0 unspecified atom stereocenters. The second-order valence-electron chi connectivity index (χ2n) is 4.83. The van der Waals surface area contributed by atoms with Gasteiger partial charge in [-0.3, -0.25) is 14.9 Å². The number of methoxy groups -OCH3 is 1. The van der Waals surface area contributed by atoms with Crippen LogP contribution < -0.4 is 10.1 Å². The molecule has 0 spiro atoms. The van der Waals surface area contributed by atoms with E-state index in [1.54, 1.807) is 30.3 Å². The van der Waals surface area contributed by atoms with Gasteiger partial charge >= 0.3 is 5.69 Å². The summed E-state index contributed by atoms with van der Waals surface area (Å²) in [6.07, 6.45) is 1.19. The molecule has 0 aliphatic heterocycles. The fourth-order valence-electron chi connectivity index (χ4n) is 2.03. The standard InChI is InChI=1S/C17H13N3O5/c1-25-16-5-3-2-4-13(16)19-17(22)12(10-18)8-11-6-7-15(21)14(9-11)20(23)24/h2-9,21H,1H3,(H,19,22)/b12-8+. The molecule has 0 fully saturated rings. The van der Waals surface area contributed by atoms with E-state index in [-0.39, 0.29) is 11.1 Å². The number of para-hydroxylation sites is 2. The van der Waals surface area contributed by atoms with Gasteiger partial charge in [-0.2, -0.15) is 5.26 Å². The smallest absolute Gasteiger partial charge is 0.311 e. The average Bonchev–Trinajstić information content (AvgIpc) is 2.61. The molecule has 0 heterocycles. The Bertz CT molecular complexity index is 899. The number of nitrogens with zero attached hydrogens (tertiary/aromatic N) is 2. The molecule has 1 amide bonds. The number of phenols is 1. The third-order valence-corrected chi connectivity index (χ3v) is 3.23. The van der Waals surface area contributed by atoms with Crippen LogP contribution in [-0.2, 0) is 4.79 Å². The van der Waals surface area contributed by atoms with Crippen LogP contribution in [0.15, 0.2) is 48.0 Å². The first-order valence-corrected chi connectivity index (χ1v) is 7.00. The number of carbonyl (C=O) groups excluding carboxylic acids is 1. The summed E-state index contributed by atoms with van der Waals surface area (Å²) in [4.78, 5) is 22.3. The van der Waals surface area contributed by atoms with Crippen molar-refractivity contribution in [2.45, 2.75) is 0 Å². The molecule has 2 rings (SSSR count). The molecule has 2 aromatic carbocycles. The van der Waals surface area contributed by atoms with Crippen molar-refractivity contribution in [1.29, 1.82) is 5.26 Å². The largest absolute Gasteiger partial charge is 0.502 e. The molecule has 0 bridgehead atoms. The van der Waals surface area contributed by atoms with E-state index in [1.807, 2.05) is 0 Å². The normalized spacial score (nSPS) is 10.6. The van der Waals surface area contributed by atoms with Crippen LogP contribution in [0.3, 0.4) is 0 Å². The second-order valence-corrected chi connectivity index (χ2v) is 4.83. The van der Waals surface area contributed by atoms with Gasteiger partial charge in [-0.25, -0.2) is 0 Å². The quantitative estimate of drug-likeness (QED) is 0.373. The van der Waals surface area contributed by atoms with Crippen LogP contribution in [-0.4, -0.2) is 23.0 Å². The van der Waals surface area contributed by atoms with Crippen molar-refractivity contribution >= 4 is 23.4 Å². The van der Waals surface area contributed by atoms with Gasteiger partial charge in [-0.05, 0) is 29.8 Å². The van der Waals surface area contributed by atoms with Gasteiger partial charge in [-0.1, -0.05) is 18.2 Å². The molecule has 2 aromatic rings. The number of hydrogen-bond acceptors (Lipinski definition) is 6. The van der Waals surface area contributed by atoms with Crippen molar-refractivity contribution in [2.24, 2.45) is 0 Å². The van der Waals surface area contributed by atoms with Crippen molar-refractivity contribution in [1.82, 2.24) is 0 Å². The molecule has 0 radical (unpaired) electrons. The minimum absolute atomic E-state index is 0.233. The van der Waals surface area contributed by atoms with Crippen molar-refractivity contribution in [3.8, 4) is 17.6 Å². The maximum absolute atomic E-state index is 12.3. The summed E-state index contributed by atoms with van der Waals surface area (Å²) in [6, 6.07) is 12.0. The molecule has 25 heavy (non-hydrogen) atoms. The van der Waals surface area contributed by atoms with E-state index in [0.29, 0.717) is 11.4 Å². The van der Waals surface area contributed by atoms with Gasteiger partial charge in [0.1, 0.15) is 17.4 Å². The molecule has 8 heteroatoms. The zero-order valence-corrected chi connectivity index (χ0v) is 13.1. The van der Waals surface area contributed by atoms with E-state index < -0.39 is 22.3 Å². The Morgan fingerprint density at radius 3 is 2.72 bits per heavy atom. The SMILES string of the molecule is COc1ccccc1NC(=O)/C(C#N)=C/c1ccc(O)c([N+](=O)[O-])c1. The zero-order chi connectivity index (χ0) is 18.4. The number of phenolic OH excluding ortho intramolecular Hbond substituents is 1. The zero-order valence-electron chi connectivity index (χ0n) is 13.1. The van der Waals surface area contributed by atoms with Crippen molar-refractivity contribution in [2.75, 3.05) is 12.4 Å².